The Hall–Kier alpha value is -2.49. The van der Waals surface area contributed by atoms with Crippen molar-refractivity contribution in [3.8, 4) is 5.75 Å². The molecular formula is C15H14N2O2. The van der Waals surface area contributed by atoms with Crippen LogP contribution in [0.1, 0.15) is 15.9 Å². The van der Waals surface area contributed by atoms with Gasteiger partial charge in [-0.15, -0.1) is 0 Å². The molecule has 0 aliphatic carbocycles. The van der Waals surface area contributed by atoms with Crippen LogP contribution in [0.3, 0.4) is 0 Å². The zero-order valence-corrected chi connectivity index (χ0v) is 10.6. The number of carbonyl (C=O) groups is 1. The van der Waals surface area contributed by atoms with E-state index in [0.717, 1.165) is 22.6 Å². The van der Waals surface area contributed by atoms with Gasteiger partial charge in [0.25, 0.3) is 5.91 Å². The molecule has 0 saturated heterocycles. The second-order valence-electron chi connectivity index (χ2n) is 4.51. The van der Waals surface area contributed by atoms with Crippen molar-refractivity contribution in [3.63, 3.8) is 0 Å². The number of ether oxygens (including phenoxy) is 1. The number of nitrogens with zero attached hydrogens (tertiary/aromatic N) is 1. The molecule has 3 rings (SSSR count). The molecule has 1 heterocycles. The van der Waals surface area contributed by atoms with Crippen LogP contribution in [-0.4, -0.2) is 13.0 Å². The van der Waals surface area contributed by atoms with E-state index in [4.69, 9.17) is 10.5 Å². The highest BCUT2D eigenvalue weighted by Gasteiger charge is 2.28. The van der Waals surface area contributed by atoms with Crippen molar-refractivity contribution < 1.29 is 9.53 Å². The molecule has 4 heteroatoms. The van der Waals surface area contributed by atoms with Gasteiger partial charge in [0.1, 0.15) is 5.75 Å². The summed E-state index contributed by atoms with van der Waals surface area (Å²) < 4.78 is 5.19. The van der Waals surface area contributed by atoms with Crippen LogP contribution in [0, 0.1) is 0 Å². The molecule has 0 unspecified atom stereocenters. The Labute approximate surface area is 111 Å². The third kappa shape index (κ3) is 1.91. The van der Waals surface area contributed by atoms with E-state index in [1.807, 2.05) is 30.3 Å². The maximum absolute atomic E-state index is 12.3. The summed E-state index contributed by atoms with van der Waals surface area (Å²) in [5.41, 5.74) is 8.93. The number of carbonyl (C=O) groups excluding carboxylic acids is 1. The van der Waals surface area contributed by atoms with E-state index in [2.05, 4.69) is 0 Å². The average molecular weight is 254 g/mol. The fourth-order valence-corrected chi connectivity index (χ4v) is 2.29. The van der Waals surface area contributed by atoms with Crippen LogP contribution in [0.4, 0.5) is 11.4 Å². The average Bonchev–Trinajstić information content (AvgIpc) is 2.76. The van der Waals surface area contributed by atoms with Crippen LogP contribution in [0.5, 0.6) is 5.75 Å². The number of methoxy groups -OCH3 is 1. The third-order valence-electron chi connectivity index (χ3n) is 3.32. The largest absolute Gasteiger partial charge is 0.497 e. The van der Waals surface area contributed by atoms with Crippen LogP contribution >= 0.6 is 0 Å². The number of fused-ring (bicyclic) bond motifs is 1. The fourth-order valence-electron chi connectivity index (χ4n) is 2.29. The summed E-state index contributed by atoms with van der Waals surface area (Å²) in [6.07, 6.45) is 0. The maximum atomic E-state index is 12.3. The van der Waals surface area contributed by atoms with Crippen LogP contribution < -0.4 is 15.4 Å². The van der Waals surface area contributed by atoms with Gasteiger partial charge in [0, 0.05) is 16.9 Å². The van der Waals surface area contributed by atoms with Gasteiger partial charge in [0.15, 0.2) is 0 Å². The number of anilines is 2. The Kier molecular flexibility index (Phi) is 2.63. The van der Waals surface area contributed by atoms with E-state index in [1.165, 1.54) is 0 Å². The summed E-state index contributed by atoms with van der Waals surface area (Å²) in [5.74, 6) is 0.785. The SMILES string of the molecule is COc1ccc2c(c1)CN(c1ccc(N)cc1)C2=O. The van der Waals surface area contributed by atoms with E-state index in [0.29, 0.717) is 12.2 Å². The van der Waals surface area contributed by atoms with Crippen molar-refractivity contribution >= 4 is 17.3 Å². The van der Waals surface area contributed by atoms with Crippen LogP contribution in [0.25, 0.3) is 0 Å². The minimum atomic E-state index is 0.0161. The van der Waals surface area contributed by atoms with Crippen molar-refractivity contribution in [1.82, 2.24) is 0 Å². The molecule has 1 aliphatic heterocycles. The van der Waals surface area contributed by atoms with Crippen LogP contribution in [0.2, 0.25) is 0 Å². The van der Waals surface area contributed by atoms with Crippen molar-refractivity contribution in [2.45, 2.75) is 6.54 Å². The molecule has 0 fully saturated rings. The molecule has 0 aromatic heterocycles. The van der Waals surface area contributed by atoms with Gasteiger partial charge < -0.3 is 15.4 Å². The first kappa shape index (κ1) is 11.6. The second-order valence-corrected chi connectivity index (χ2v) is 4.51. The molecule has 2 aromatic carbocycles. The Morgan fingerprint density at radius 2 is 1.89 bits per heavy atom. The smallest absolute Gasteiger partial charge is 0.258 e. The van der Waals surface area contributed by atoms with Gasteiger partial charge in [0.05, 0.1) is 13.7 Å². The third-order valence-corrected chi connectivity index (χ3v) is 3.32. The fraction of sp³-hybridized carbons (Fsp3) is 0.133. The molecule has 4 nitrogen and oxygen atoms in total. The standard InChI is InChI=1S/C15H14N2O2/c1-19-13-6-7-14-10(8-13)9-17(15(14)18)12-4-2-11(16)3-5-12/h2-8H,9,16H2,1H3. The summed E-state index contributed by atoms with van der Waals surface area (Å²) in [7, 11) is 1.62. The molecule has 1 amide bonds. The molecule has 0 saturated carbocycles. The molecule has 19 heavy (non-hydrogen) atoms. The number of nitrogens with two attached hydrogens (primary N) is 1. The highest BCUT2D eigenvalue weighted by Crippen LogP contribution is 2.30. The zero-order valence-electron chi connectivity index (χ0n) is 10.6. The molecule has 96 valence electrons. The second kappa shape index (κ2) is 4.31. The Morgan fingerprint density at radius 1 is 1.16 bits per heavy atom. The Morgan fingerprint density at radius 3 is 2.58 bits per heavy atom. The van der Waals surface area contributed by atoms with Crippen molar-refractivity contribution in [2.75, 3.05) is 17.7 Å². The highest BCUT2D eigenvalue weighted by atomic mass is 16.5. The lowest BCUT2D eigenvalue weighted by molar-refractivity contribution is 0.0996. The first-order valence-electron chi connectivity index (χ1n) is 6.03. The van der Waals surface area contributed by atoms with Gasteiger partial charge in [0.2, 0.25) is 0 Å². The summed E-state index contributed by atoms with van der Waals surface area (Å²) in [6.45, 7) is 0.565. The first-order valence-corrected chi connectivity index (χ1v) is 6.03. The number of rotatable bonds is 2. The van der Waals surface area contributed by atoms with Gasteiger partial charge in [-0.1, -0.05) is 0 Å². The van der Waals surface area contributed by atoms with Gasteiger partial charge in [-0.25, -0.2) is 0 Å². The highest BCUT2D eigenvalue weighted by molar-refractivity contribution is 6.10. The summed E-state index contributed by atoms with van der Waals surface area (Å²) >= 11 is 0. The van der Waals surface area contributed by atoms with Gasteiger partial charge in [-0.3, -0.25) is 4.79 Å². The van der Waals surface area contributed by atoms with Crippen molar-refractivity contribution in [2.24, 2.45) is 0 Å². The predicted molar refractivity (Wildman–Crippen MR) is 74.4 cm³/mol. The molecule has 2 aromatic rings. The van der Waals surface area contributed by atoms with E-state index >= 15 is 0 Å². The molecule has 0 bridgehead atoms. The monoisotopic (exact) mass is 254 g/mol. The minimum absolute atomic E-state index is 0.0161. The van der Waals surface area contributed by atoms with Gasteiger partial charge >= 0.3 is 0 Å². The van der Waals surface area contributed by atoms with Gasteiger partial charge in [-0.05, 0) is 48.0 Å². The quantitative estimate of drug-likeness (QED) is 0.837. The van der Waals surface area contributed by atoms with E-state index in [9.17, 15) is 4.79 Å². The lowest BCUT2D eigenvalue weighted by atomic mass is 10.1. The maximum Gasteiger partial charge on any atom is 0.258 e. The predicted octanol–water partition coefficient (Wildman–Crippen LogP) is 2.44. The van der Waals surface area contributed by atoms with Crippen molar-refractivity contribution in [1.29, 1.82) is 0 Å². The van der Waals surface area contributed by atoms with E-state index in [1.54, 1.807) is 24.1 Å². The molecule has 0 atom stereocenters. The Bertz CT molecular complexity index is 635. The summed E-state index contributed by atoms with van der Waals surface area (Å²) in [4.78, 5) is 14.1. The van der Waals surface area contributed by atoms with Crippen LogP contribution in [0.15, 0.2) is 42.5 Å². The Balaban J connectivity index is 1.96. The van der Waals surface area contributed by atoms with E-state index in [-0.39, 0.29) is 5.91 Å². The molecule has 1 aliphatic rings. The molecule has 0 spiro atoms. The lowest BCUT2D eigenvalue weighted by Crippen LogP contribution is -2.22. The molecular weight excluding hydrogens is 240 g/mol. The lowest BCUT2D eigenvalue weighted by Gasteiger charge is -2.15. The molecule has 0 radical (unpaired) electrons. The van der Waals surface area contributed by atoms with Crippen LogP contribution in [-0.2, 0) is 6.54 Å². The summed E-state index contributed by atoms with van der Waals surface area (Å²) in [5, 5.41) is 0. The minimum Gasteiger partial charge on any atom is -0.497 e. The first-order chi connectivity index (χ1) is 9.19. The van der Waals surface area contributed by atoms with Gasteiger partial charge in [-0.2, -0.15) is 0 Å². The number of nitrogen functional groups attached to an aromatic ring is 1. The topological polar surface area (TPSA) is 55.6 Å². The normalized spacial score (nSPS) is 13.5. The number of hydrogen-bond donors (Lipinski definition) is 1. The van der Waals surface area contributed by atoms with E-state index < -0.39 is 0 Å². The molecule has 2 N–H and O–H groups in total. The number of hydrogen-bond acceptors (Lipinski definition) is 3. The number of benzene rings is 2. The summed E-state index contributed by atoms with van der Waals surface area (Å²) in [6, 6.07) is 12.8. The van der Waals surface area contributed by atoms with Crippen molar-refractivity contribution in [3.05, 3.63) is 53.6 Å². The zero-order chi connectivity index (χ0) is 13.4. The number of amides is 1.